The minimum atomic E-state index is -0.378. The Kier molecular flexibility index (Phi) is 10.2. The number of rotatable bonds is 6. The zero-order valence-electron chi connectivity index (χ0n) is 10.8. The zero-order valence-corrected chi connectivity index (χ0v) is 12.4. The van der Waals surface area contributed by atoms with Crippen LogP contribution in [0.4, 0.5) is 0 Å². The van der Waals surface area contributed by atoms with E-state index in [4.69, 9.17) is 5.73 Å². The maximum atomic E-state index is 11.5. The highest BCUT2D eigenvalue weighted by molar-refractivity contribution is 5.85. The second kappa shape index (κ2) is 8.97. The van der Waals surface area contributed by atoms with E-state index in [0.717, 1.165) is 12.6 Å². The Morgan fingerprint density at radius 1 is 1.41 bits per heavy atom. The third-order valence-corrected chi connectivity index (χ3v) is 2.95. The van der Waals surface area contributed by atoms with Crippen LogP contribution >= 0.6 is 24.8 Å². The first kappa shape index (κ1) is 19.3. The van der Waals surface area contributed by atoms with Crippen LogP contribution in [0.1, 0.15) is 26.7 Å². The van der Waals surface area contributed by atoms with Crippen LogP contribution < -0.4 is 11.1 Å². The molecule has 3 N–H and O–H groups in total. The molecular weight excluding hydrogens is 261 g/mol. The fourth-order valence-corrected chi connectivity index (χ4v) is 1.47. The number of halogens is 2. The van der Waals surface area contributed by atoms with E-state index in [0.29, 0.717) is 6.54 Å². The second-order valence-electron chi connectivity index (χ2n) is 4.77. The van der Waals surface area contributed by atoms with E-state index in [1.54, 1.807) is 0 Å². The molecule has 0 heterocycles. The highest BCUT2D eigenvalue weighted by Gasteiger charge is 2.25. The van der Waals surface area contributed by atoms with Crippen LogP contribution in [-0.4, -0.2) is 43.0 Å². The number of hydrogen-bond donors (Lipinski definition) is 2. The van der Waals surface area contributed by atoms with Gasteiger partial charge in [-0.15, -0.1) is 24.8 Å². The lowest BCUT2D eigenvalue weighted by molar-refractivity contribution is -0.123. The molecule has 0 unspecified atom stereocenters. The zero-order chi connectivity index (χ0) is 11.4. The van der Waals surface area contributed by atoms with Gasteiger partial charge in [0.1, 0.15) is 0 Å². The van der Waals surface area contributed by atoms with Gasteiger partial charge >= 0.3 is 0 Å². The van der Waals surface area contributed by atoms with E-state index in [-0.39, 0.29) is 42.7 Å². The van der Waals surface area contributed by atoms with Crippen molar-refractivity contribution in [3.8, 4) is 0 Å². The fraction of sp³-hybridized carbons (Fsp3) is 0.909. The van der Waals surface area contributed by atoms with Gasteiger partial charge in [-0.1, -0.05) is 13.8 Å². The summed E-state index contributed by atoms with van der Waals surface area (Å²) in [5.74, 6) is 0.167. The lowest BCUT2D eigenvalue weighted by Crippen LogP contribution is -2.46. The van der Waals surface area contributed by atoms with E-state index in [1.807, 2.05) is 13.8 Å². The number of hydrogen-bond acceptors (Lipinski definition) is 3. The van der Waals surface area contributed by atoms with Gasteiger partial charge in [-0.2, -0.15) is 0 Å². The molecule has 1 aliphatic carbocycles. The summed E-state index contributed by atoms with van der Waals surface area (Å²) in [5, 5.41) is 2.87. The van der Waals surface area contributed by atoms with Gasteiger partial charge in [-0.05, 0) is 25.8 Å². The first-order valence-electron chi connectivity index (χ1n) is 5.76. The van der Waals surface area contributed by atoms with Gasteiger partial charge in [0.25, 0.3) is 0 Å². The SMILES string of the molecule is CC(C)[C@@H](N)C(=O)NCCN(C)C1CC1.Cl.Cl. The minimum absolute atomic E-state index is 0. The van der Waals surface area contributed by atoms with Gasteiger partial charge in [-0.3, -0.25) is 4.79 Å². The van der Waals surface area contributed by atoms with Crippen LogP contribution in [0.25, 0.3) is 0 Å². The first-order chi connectivity index (χ1) is 7.02. The maximum absolute atomic E-state index is 11.5. The van der Waals surface area contributed by atoms with E-state index < -0.39 is 0 Å². The number of carbonyl (C=O) groups excluding carboxylic acids is 1. The molecule has 1 amide bonds. The van der Waals surface area contributed by atoms with Crippen molar-refractivity contribution in [3.63, 3.8) is 0 Å². The Morgan fingerprint density at radius 3 is 2.35 bits per heavy atom. The lowest BCUT2D eigenvalue weighted by atomic mass is 10.1. The molecule has 0 aromatic rings. The predicted octanol–water partition coefficient (Wildman–Crippen LogP) is 1.02. The average Bonchev–Trinajstić information content (AvgIpc) is 2.99. The molecule has 1 rings (SSSR count). The number of carbonyl (C=O) groups is 1. The summed E-state index contributed by atoms with van der Waals surface area (Å²) >= 11 is 0. The van der Waals surface area contributed by atoms with Gasteiger partial charge < -0.3 is 16.0 Å². The quantitative estimate of drug-likeness (QED) is 0.766. The summed E-state index contributed by atoms with van der Waals surface area (Å²) in [6.45, 7) is 5.54. The van der Waals surface area contributed by atoms with Crippen LogP contribution in [0.3, 0.4) is 0 Å². The summed E-state index contributed by atoms with van der Waals surface area (Å²) in [6.07, 6.45) is 2.60. The van der Waals surface area contributed by atoms with Crippen molar-refractivity contribution in [1.29, 1.82) is 0 Å². The van der Waals surface area contributed by atoms with Crippen molar-refractivity contribution in [3.05, 3.63) is 0 Å². The van der Waals surface area contributed by atoms with Gasteiger partial charge in [-0.25, -0.2) is 0 Å². The third kappa shape index (κ3) is 7.09. The Morgan fingerprint density at radius 2 is 1.94 bits per heavy atom. The van der Waals surface area contributed by atoms with Crippen LogP contribution in [0.15, 0.2) is 0 Å². The molecule has 1 fully saturated rings. The van der Waals surface area contributed by atoms with E-state index in [9.17, 15) is 4.79 Å². The molecule has 4 nitrogen and oxygen atoms in total. The van der Waals surface area contributed by atoms with Crippen LogP contribution in [0.5, 0.6) is 0 Å². The molecule has 0 aromatic heterocycles. The van der Waals surface area contributed by atoms with Crippen molar-refractivity contribution in [2.45, 2.75) is 38.8 Å². The summed E-state index contributed by atoms with van der Waals surface area (Å²) in [6, 6.07) is 0.372. The third-order valence-electron chi connectivity index (χ3n) is 2.95. The molecule has 17 heavy (non-hydrogen) atoms. The molecule has 0 bridgehead atoms. The smallest absolute Gasteiger partial charge is 0.237 e. The van der Waals surface area contributed by atoms with Crippen LogP contribution in [0, 0.1) is 5.92 Å². The molecule has 0 aliphatic heterocycles. The second-order valence-corrected chi connectivity index (χ2v) is 4.77. The Balaban J connectivity index is 0. The number of nitrogens with two attached hydrogens (primary N) is 1. The molecule has 0 spiro atoms. The molecule has 1 saturated carbocycles. The normalized spacial score (nSPS) is 16.1. The fourth-order valence-electron chi connectivity index (χ4n) is 1.47. The summed E-state index contributed by atoms with van der Waals surface area (Å²) < 4.78 is 0. The number of nitrogens with one attached hydrogen (secondary N) is 1. The standard InChI is InChI=1S/C11H23N3O.2ClH/c1-8(2)10(12)11(15)13-6-7-14(3)9-4-5-9;;/h8-10H,4-7,12H2,1-3H3,(H,13,15);2*1H/t10-;;/m1../s1. The van der Waals surface area contributed by atoms with Crippen molar-refractivity contribution in [2.75, 3.05) is 20.1 Å². The maximum Gasteiger partial charge on any atom is 0.237 e. The van der Waals surface area contributed by atoms with E-state index in [2.05, 4.69) is 17.3 Å². The average molecular weight is 286 g/mol. The molecular formula is C11H25Cl2N3O. The van der Waals surface area contributed by atoms with Crippen LogP contribution in [-0.2, 0) is 4.79 Å². The lowest BCUT2D eigenvalue weighted by Gasteiger charge is -2.18. The summed E-state index contributed by atoms with van der Waals surface area (Å²) in [5.41, 5.74) is 5.72. The predicted molar refractivity (Wildman–Crippen MR) is 76.0 cm³/mol. The van der Waals surface area contributed by atoms with Gasteiger partial charge in [0.15, 0.2) is 0 Å². The molecule has 104 valence electrons. The summed E-state index contributed by atoms with van der Waals surface area (Å²) in [4.78, 5) is 13.8. The van der Waals surface area contributed by atoms with Crippen molar-refractivity contribution >= 4 is 30.7 Å². The van der Waals surface area contributed by atoms with E-state index in [1.165, 1.54) is 12.8 Å². The Bertz CT molecular complexity index is 223. The topological polar surface area (TPSA) is 58.4 Å². The van der Waals surface area contributed by atoms with Crippen molar-refractivity contribution in [2.24, 2.45) is 11.7 Å². The Labute approximate surface area is 117 Å². The van der Waals surface area contributed by atoms with Crippen LogP contribution in [0.2, 0.25) is 0 Å². The number of likely N-dealkylation sites (N-methyl/N-ethyl adjacent to an activating group) is 1. The molecule has 0 radical (unpaired) electrons. The number of amides is 1. The molecule has 6 heteroatoms. The largest absolute Gasteiger partial charge is 0.353 e. The van der Waals surface area contributed by atoms with Gasteiger partial charge in [0.05, 0.1) is 6.04 Å². The van der Waals surface area contributed by atoms with E-state index >= 15 is 0 Å². The Hall–Kier alpha value is -0.0300. The van der Waals surface area contributed by atoms with Gasteiger partial charge in [0, 0.05) is 19.1 Å². The molecule has 1 atom stereocenters. The highest BCUT2D eigenvalue weighted by atomic mass is 35.5. The molecule has 0 aromatic carbocycles. The first-order valence-corrected chi connectivity index (χ1v) is 5.76. The summed E-state index contributed by atoms with van der Waals surface area (Å²) in [7, 11) is 2.10. The van der Waals surface area contributed by atoms with Gasteiger partial charge in [0.2, 0.25) is 5.91 Å². The van der Waals surface area contributed by atoms with Crippen molar-refractivity contribution < 1.29 is 4.79 Å². The van der Waals surface area contributed by atoms with Crippen molar-refractivity contribution in [1.82, 2.24) is 10.2 Å². The monoisotopic (exact) mass is 285 g/mol. The molecule has 0 saturated heterocycles. The molecule has 1 aliphatic rings. The minimum Gasteiger partial charge on any atom is -0.353 e. The number of nitrogens with zero attached hydrogens (tertiary/aromatic N) is 1. The highest BCUT2D eigenvalue weighted by Crippen LogP contribution is 2.24.